The van der Waals surface area contributed by atoms with E-state index < -0.39 is 0 Å². The van der Waals surface area contributed by atoms with Crippen LogP contribution in [0.5, 0.6) is 0 Å². The molecule has 9 heteroatoms. The van der Waals surface area contributed by atoms with Crippen molar-refractivity contribution in [2.24, 2.45) is 0 Å². The minimum Gasteiger partial charge on any atom is -0.446 e. The first-order chi connectivity index (χ1) is 15.6. The van der Waals surface area contributed by atoms with Crippen LogP contribution in [0.3, 0.4) is 0 Å². The number of nitrogens with zero attached hydrogens (tertiary/aromatic N) is 5. The van der Waals surface area contributed by atoms with Gasteiger partial charge in [-0.05, 0) is 52.7 Å². The Morgan fingerprint density at radius 2 is 1.88 bits per heavy atom. The third-order valence-electron chi connectivity index (χ3n) is 4.98. The SMILES string of the molecule is Cc1cccc2nc(CSc3nnc(-c4ccc(Br)o4)n3Cc3ccccc3)cc(=O)n12. The fourth-order valence-electron chi connectivity index (χ4n) is 3.50. The molecule has 0 radical (unpaired) electrons. The molecule has 160 valence electrons. The number of hydrogen-bond donors (Lipinski definition) is 0. The highest BCUT2D eigenvalue weighted by Crippen LogP contribution is 2.29. The summed E-state index contributed by atoms with van der Waals surface area (Å²) in [5.74, 6) is 1.77. The molecule has 0 aliphatic heterocycles. The third-order valence-corrected chi connectivity index (χ3v) is 6.40. The Balaban J connectivity index is 1.48. The summed E-state index contributed by atoms with van der Waals surface area (Å²) in [5.41, 5.74) is 3.23. The molecule has 0 unspecified atom stereocenters. The maximum atomic E-state index is 12.6. The van der Waals surface area contributed by atoms with Gasteiger partial charge < -0.3 is 4.42 Å². The normalized spacial score (nSPS) is 11.3. The number of hydrogen-bond acceptors (Lipinski definition) is 6. The summed E-state index contributed by atoms with van der Waals surface area (Å²) < 4.78 is 9.99. The Hall–Kier alpha value is -3.17. The molecule has 0 saturated carbocycles. The van der Waals surface area contributed by atoms with Crippen molar-refractivity contribution in [3.63, 3.8) is 0 Å². The van der Waals surface area contributed by atoms with E-state index in [0.29, 0.717) is 39.9 Å². The maximum Gasteiger partial charge on any atom is 0.258 e. The van der Waals surface area contributed by atoms with Crippen LogP contribution in [-0.4, -0.2) is 24.1 Å². The van der Waals surface area contributed by atoms with E-state index in [4.69, 9.17) is 4.42 Å². The molecule has 5 rings (SSSR count). The van der Waals surface area contributed by atoms with Crippen LogP contribution >= 0.6 is 27.7 Å². The highest BCUT2D eigenvalue weighted by atomic mass is 79.9. The van der Waals surface area contributed by atoms with Crippen LogP contribution in [0.4, 0.5) is 0 Å². The van der Waals surface area contributed by atoms with Crippen molar-refractivity contribution in [2.45, 2.75) is 24.4 Å². The molecule has 0 aliphatic rings. The fraction of sp³-hybridized carbons (Fsp3) is 0.130. The van der Waals surface area contributed by atoms with E-state index in [1.807, 2.05) is 60.0 Å². The Morgan fingerprint density at radius 1 is 1.03 bits per heavy atom. The highest BCUT2D eigenvalue weighted by molar-refractivity contribution is 9.10. The molecule has 0 spiro atoms. The van der Waals surface area contributed by atoms with Gasteiger partial charge in [0.15, 0.2) is 15.6 Å². The lowest BCUT2D eigenvalue weighted by Gasteiger charge is -2.10. The quantitative estimate of drug-likeness (QED) is 0.302. The summed E-state index contributed by atoms with van der Waals surface area (Å²) in [5, 5.41) is 9.50. The molecule has 0 aliphatic carbocycles. The monoisotopic (exact) mass is 507 g/mol. The second kappa shape index (κ2) is 8.76. The molecular formula is C23H18BrN5O2S. The largest absolute Gasteiger partial charge is 0.446 e. The second-order valence-electron chi connectivity index (χ2n) is 7.22. The number of thioether (sulfide) groups is 1. The molecule has 5 aromatic rings. The summed E-state index contributed by atoms with van der Waals surface area (Å²) in [7, 11) is 0. The van der Waals surface area contributed by atoms with E-state index in [-0.39, 0.29) is 5.56 Å². The lowest BCUT2D eigenvalue weighted by Crippen LogP contribution is -2.17. The standard InChI is InChI=1S/C23H18BrN5O2S/c1-15-6-5-9-20-25-17(12-21(30)29(15)20)14-32-23-27-26-22(18-10-11-19(24)31-18)28(23)13-16-7-3-2-4-8-16/h2-12H,13-14H2,1H3. The molecule has 0 bridgehead atoms. The van der Waals surface area contributed by atoms with Gasteiger partial charge in [0.05, 0.1) is 12.2 Å². The van der Waals surface area contributed by atoms with Gasteiger partial charge in [0.1, 0.15) is 5.65 Å². The van der Waals surface area contributed by atoms with Crippen molar-refractivity contribution in [1.82, 2.24) is 24.1 Å². The van der Waals surface area contributed by atoms with Gasteiger partial charge in [0, 0.05) is 17.5 Å². The molecule has 0 saturated heterocycles. The van der Waals surface area contributed by atoms with Crippen LogP contribution in [0.15, 0.2) is 85.8 Å². The lowest BCUT2D eigenvalue weighted by atomic mass is 10.2. The fourth-order valence-corrected chi connectivity index (χ4v) is 4.63. The maximum absolute atomic E-state index is 12.6. The Kier molecular flexibility index (Phi) is 5.67. The number of aryl methyl sites for hydroxylation is 1. The number of benzene rings is 1. The van der Waals surface area contributed by atoms with Crippen molar-refractivity contribution in [1.29, 1.82) is 0 Å². The predicted octanol–water partition coefficient (Wildman–Crippen LogP) is 4.96. The number of aromatic nitrogens is 5. The van der Waals surface area contributed by atoms with E-state index in [2.05, 4.69) is 43.2 Å². The zero-order chi connectivity index (χ0) is 22.1. The summed E-state index contributed by atoms with van der Waals surface area (Å²) in [6.45, 7) is 2.49. The number of halogens is 1. The first-order valence-electron chi connectivity index (χ1n) is 9.92. The van der Waals surface area contributed by atoms with Gasteiger partial charge in [-0.3, -0.25) is 13.8 Å². The van der Waals surface area contributed by atoms with E-state index in [1.165, 1.54) is 11.8 Å². The molecule has 1 aromatic carbocycles. The lowest BCUT2D eigenvalue weighted by molar-refractivity contribution is 0.545. The van der Waals surface area contributed by atoms with Crippen LogP contribution in [0.25, 0.3) is 17.2 Å². The molecule has 0 atom stereocenters. The summed E-state index contributed by atoms with van der Waals surface area (Å²) in [6.07, 6.45) is 0. The first kappa shape index (κ1) is 20.7. The summed E-state index contributed by atoms with van der Waals surface area (Å²) in [4.78, 5) is 17.2. The highest BCUT2D eigenvalue weighted by Gasteiger charge is 2.18. The zero-order valence-electron chi connectivity index (χ0n) is 17.1. The van der Waals surface area contributed by atoms with Gasteiger partial charge in [-0.1, -0.05) is 48.2 Å². The van der Waals surface area contributed by atoms with E-state index in [1.54, 1.807) is 10.5 Å². The van der Waals surface area contributed by atoms with Gasteiger partial charge in [-0.25, -0.2) is 4.98 Å². The van der Waals surface area contributed by atoms with Crippen molar-refractivity contribution >= 4 is 33.3 Å². The van der Waals surface area contributed by atoms with Gasteiger partial charge in [-0.15, -0.1) is 10.2 Å². The molecule has 0 fully saturated rings. The Labute approximate surface area is 196 Å². The molecular weight excluding hydrogens is 490 g/mol. The average molecular weight is 508 g/mol. The molecule has 7 nitrogen and oxygen atoms in total. The van der Waals surface area contributed by atoms with Crippen LogP contribution in [0, 0.1) is 6.92 Å². The van der Waals surface area contributed by atoms with Gasteiger partial charge in [-0.2, -0.15) is 0 Å². The number of fused-ring (bicyclic) bond motifs is 1. The van der Waals surface area contributed by atoms with Gasteiger partial charge in [0.25, 0.3) is 5.56 Å². The Bertz CT molecular complexity index is 1460. The van der Waals surface area contributed by atoms with Crippen LogP contribution in [-0.2, 0) is 12.3 Å². The minimum atomic E-state index is -0.0874. The van der Waals surface area contributed by atoms with E-state index in [9.17, 15) is 4.79 Å². The van der Waals surface area contributed by atoms with Crippen molar-refractivity contribution in [3.05, 3.63) is 98.7 Å². The van der Waals surface area contributed by atoms with Gasteiger partial charge >= 0.3 is 0 Å². The average Bonchev–Trinajstić information content (AvgIpc) is 3.38. The van der Waals surface area contributed by atoms with Crippen LogP contribution in [0.2, 0.25) is 0 Å². The zero-order valence-corrected chi connectivity index (χ0v) is 19.5. The van der Waals surface area contributed by atoms with E-state index >= 15 is 0 Å². The number of furan rings is 1. The topological polar surface area (TPSA) is 78.2 Å². The third kappa shape index (κ3) is 4.13. The van der Waals surface area contributed by atoms with Crippen molar-refractivity contribution < 1.29 is 4.42 Å². The summed E-state index contributed by atoms with van der Waals surface area (Å²) in [6, 6.07) is 21.0. The molecule has 4 heterocycles. The van der Waals surface area contributed by atoms with Crippen LogP contribution < -0.4 is 5.56 Å². The minimum absolute atomic E-state index is 0.0874. The molecule has 0 N–H and O–H groups in total. The molecule has 4 aromatic heterocycles. The smallest absolute Gasteiger partial charge is 0.258 e. The summed E-state index contributed by atoms with van der Waals surface area (Å²) >= 11 is 4.84. The van der Waals surface area contributed by atoms with E-state index in [0.717, 1.165) is 16.4 Å². The Morgan fingerprint density at radius 3 is 2.66 bits per heavy atom. The predicted molar refractivity (Wildman–Crippen MR) is 127 cm³/mol. The number of rotatable bonds is 6. The number of pyridine rings is 1. The van der Waals surface area contributed by atoms with Crippen molar-refractivity contribution in [2.75, 3.05) is 0 Å². The van der Waals surface area contributed by atoms with Gasteiger partial charge in [0.2, 0.25) is 5.82 Å². The molecule has 32 heavy (non-hydrogen) atoms. The molecule has 0 amide bonds. The van der Waals surface area contributed by atoms with Crippen LogP contribution in [0.1, 0.15) is 17.0 Å². The second-order valence-corrected chi connectivity index (χ2v) is 8.94. The van der Waals surface area contributed by atoms with Crippen molar-refractivity contribution in [3.8, 4) is 11.6 Å². The first-order valence-corrected chi connectivity index (χ1v) is 11.7.